The summed E-state index contributed by atoms with van der Waals surface area (Å²) in [6.07, 6.45) is 3.94. The van der Waals surface area contributed by atoms with Crippen LogP contribution in [0.5, 0.6) is 11.5 Å². The monoisotopic (exact) mass is 567 g/mol. The first-order valence-corrected chi connectivity index (χ1v) is 14.9. The van der Waals surface area contributed by atoms with Crippen molar-refractivity contribution in [3.63, 3.8) is 0 Å². The number of anilines is 1. The zero-order valence-corrected chi connectivity index (χ0v) is 23.9. The molecule has 2 aromatic carbocycles. The molecule has 2 N–H and O–H groups in total. The number of nitrogens with zero attached hydrogens (tertiary/aromatic N) is 3. The van der Waals surface area contributed by atoms with Crippen LogP contribution >= 0.6 is 11.8 Å². The summed E-state index contributed by atoms with van der Waals surface area (Å²) in [6.45, 7) is 4.90. The number of hydrazone groups is 1. The lowest BCUT2D eigenvalue weighted by atomic mass is 10.1. The Kier molecular flexibility index (Phi) is 9.45. The van der Waals surface area contributed by atoms with Crippen LogP contribution in [0.15, 0.2) is 47.6 Å². The van der Waals surface area contributed by atoms with Crippen LogP contribution in [0.1, 0.15) is 43.7 Å². The van der Waals surface area contributed by atoms with E-state index in [1.807, 2.05) is 49.4 Å². The molecule has 3 aliphatic rings. The van der Waals surface area contributed by atoms with Gasteiger partial charge < -0.3 is 19.5 Å². The van der Waals surface area contributed by atoms with Crippen molar-refractivity contribution in [1.29, 1.82) is 0 Å². The smallest absolute Gasteiger partial charge is 0.415 e. The van der Waals surface area contributed by atoms with Crippen molar-refractivity contribution in [2.75, 3.05) is 43.9 Å². The SMILES string of the molecule is CCN(C(=O)OC1CNCCN1)c1ccc(CN2N=C(c3ccc(OC)c(OC4CCCC4)c3)CSC2=O)cc1. The molecule has 2 amide bonds. The second-order valence-corrected chi connectivity index (χ2v) is 10.9. The van der Waals surface area contributed by atoms with Gasteiger partial charge in [-0.2, -0.15) is 5.10 Å². The zero-order chi connectivity index (χ0) is 27.9. The minimum atomic E-state index is -0.399. The van der Waals surface area contributed by atoms with E-state index in [0.29, 0.717) is 36.9 Å². The Morgan fingerprint density at radius 3 is 2.62 bits per heavy atom. The second-order valence-electron chi connectivity index (χ2n) is 9.99. The molecule has 1 aliphatic carbocycles. The van der Waals surface area contributed by atoms with Gasteiger partial charge in [0.05, 0.1) is 25.5 Å². The molecule has 11 heteroatoms. The molecule has 1 unspecified atom stereocenters. The molecule has 214 valence electrons. The number of ether oxygens (including phenoxy) is 3. The summed E-state index contributed by atoms with van der Waals surface area (Å²) < 4.78 is 17.4. The third kappa shape index (κ3) is 6.89. The van der Waals surface area contributed by atoms with Crippen molar-refractivity contribution in [1.82, 2.24) is 15.6 Å². The highest BCUT2D eigenvalue weighted by Crippen LogP contribution is 2.34. The molecule has 2 aliphatic heterocycles. The highest BCUT2D eigenvalue weighted by Gasteiger charge is 2.25. The van der Waals surface area contributed by atoms with Crippen LogP contribution in [0.2, 0.25) is 0 Å². The summed E-state index contributed by atoms with van der Waals surface area (Å²) in [6, 6.07) is 13.4. The summed E-state index contributed by atoms with van der Waals surface area (Å²) >= 11 is 1.23. The first-order chi connectivity index (χ1) is 19.5. The molecule has 10 nitrogen and oxygen atoms in total. The molecular formula is C29H37N5O5S. The van der Waals surface area contributed by atoms with Crippen molar-refractivity contribution in [2.24, 2.45) is 5.10 Å². The highest BCUT2D eigenvalue weighted by atomic mass is 32.2. The molecule has 1 saturated heterocycles. The van der Waals surface area contributed by atoms with Crippen molar-refractivity contribution in [2.45, 2.75) is 51.5 Å². The van der Waals surface area contributed by atoms with E-state index >= 15 is 0 Å². The minimum absolute atomic E-state index is 0.101. The minimum Gasteiger partial charge on any atom is -0.493 e. The Bertz CT molecular complexity index is 1210. The fourth-order valence-electron chi connectivity index (χ4n) is 5.06. The maximum Gasteiger partial charge on any atom is 0.415 e. The highest BCUT2D eigenvalue weighted by molar-refractivity contribution is 8.14. The van der Waals surface area contributed by atoms with Gasteiger partial charge in [0.15, 0.2) is 17.7 Å². The number of carbonyl (C=O) groups is 2. The number of rotatable bonds is 9. The van der Waals surface area contributed by atoms with E-state index in [0.717, 1.165) is 48.5 Å². The molecule has 2 fully saturated rings. The number of methoxy groups -OCH3 is 1. The number of thioether (sulfide) groups is 1. The van der Waals surface area contributed by atoms with Crippen molar-refractivity contribution in [3.8, 4) is 11.5 Å². The standard InChI is InChI=1S/C29H37N5O5S/c1-3-33(28(35)39-27-17-30-14-15-31-27)22-11-8-20(9-12-22)18-34-29(36)40-19-24(32-34)21-10-13-25(37-2)26(16-21)38-23-6-4-5-7-23/h8-13,16,23,27,30-31H,3-7,14-15,17-19H2,1-2H3. The van der Waals surface area contributed by atoms with Gasteiger partial charge in [0.25, 0.3) is 0 Å². The van der Waals surface area contributed by atoms with Gasteiger partial charge in [-0.1, -0.05) is 23.9 Å². The fraction of sp³-hybridized carbons (Fsp3) is 0.483. The lowest BCUT2D eigenvalue weighted by Gasteiger charge is -2.28. The van der Waals surface area contributed by atoms with Gasteiger partial charge >= 0.3 is 11.3 Å². The van der Waals surface area contributed by atoms with Crippen LogP contribution in [0.4, 0.5) is 15.3 Å². The molecular weight excluding hydrogens is 530 g/mol. The van der Waals surface area contributed by atoms with E-state index in [-0.39, 0.29) is 17.6 Å². The Hall–Kier alpha value is -3.28. The lowest BCUT2D eigenvalue weighted by Crippen LogP contribution is -2.51. The molecule has 0 bridgehead atoms. The molecule has 1 saturated carbocycles. The average Bonchev–Trinajstić information content (AvgIpc) is 3.49. The van der Waals surface area contributed by atoms with Crippen molar-refractivity contribution < 1.29 is 23.8 Å². The third-order valence-electron chi connectivity index (χ3n) is 7.24. The quantitative estimate of drug-likeness (QED) is 0.454. The fourth-order valence-corrected chi connectivity index (χ4v) is 5.80. The third-order valence-corrected chi connectivity index (χ3v) is 8.12. The zero-order valence-electron chi connectivity index (χ0n) is 23.1. The van der Waals surface area contributed by atoms with E-state index in [9.17, 15) is 9.59 Å². The lowest BCUT2D eigenvalue weighted by molar-refractivity contribution is 0.0745. The molecule has 1 atom stereocenters. The van der Waals surface area contributed by atoms with Crippen LogP contribution < -0.4 is 25.0 Å². The number of amides is 2. The van der Waals surface area contributed by atoms with Gasteiger partial charge in [-0.05, 0) is 68.5 Å². The van der Waals surface area contributed by atoms with Gasteiger partial charge in [-0.3, -0.25) is 15.0 Å². The van der Waals surface area contributed by atoms with Crippen LogP contribution in [0.25, 0.3) is 0 Å². The van der Waals surface area contributed by atoms with Gasteiger partial charge in [0.1, 0.15) is 0 Å². The van der Waals surface area contributed by atoms with Gasteiger partial charge in [0.2, 0.25) is 0 Å². The van der Waals surface area contributed by atoms with Crippen molar-refractivity contribution >= 4 is 34.5 Å². The van der Waals surface area contributed by atoms with E-state index < -0.39 is 6.09 Å². The molecule has 2 heterocycles. The summed E-state index contributed by atoms with van der Waals surface area (Å²) in [5.74, 6) is 1.90. The predicted octanol–water partition coefficient (Wildman–Crippen LogP) is 4.57. The normalized spacial score (nSPS) is 19.8. The second kappa shape index (κ2) is 13.4. The Labute approximate surface area is 239 Å². The van der Waals surface area contributed by atoms with E-state index in [4.69, 9.17) is 19.3 Å². The van der Waals surface area contributed by atoms with Crippen LogP contribution in [-0.4, -0.2) is 73.4 Å². The molecule has 40 heavy (non-hydrogen) atoms. The van der Waals surface area contributed by atoms with Gasteiger partial charge in [-0.25, -0.2) is 9.80 Å². The van der Waals surface area contributed by atoms with E-state index in [1.165, 1.54) is 29.6 Å². The number of piperazine rings is 1. The summed E-state index contributed by atoms with van der Waals surface area (Å²) in [5, 5.41) is 12.5. The van der Waals surface area contributed by atoms with Gasteiger partial charge in [0, 0.05) is 43.2 Å². The van der Waals surface area contributed by atoms with E-state index in [1.54, 1.807) is 12.0 Å². The Morgan fingerprint density at radius 1 is 1.12 bits per heavy atom. The molecule has 0 aromatic heterocycles. The summed E-state index contributed by atoms with van der Waals surface area (Å²) in [4.78, 5) is 27.1. The van der Waals surface area contributed by atoms with Crippen LogP contribution in [0, 0.1) is 0 Å². The number of benzene rings is 2. The number of nitrogens with one attached hydrogen (secondary N) is 2. The number of hydrogen-bond donors (Lipinski definition) is 2. The van der Waals surface area contributed by atoms with Crippen LogP contribution in [0.3, 0.4) is 0 Å². The Morgan fingerprint density at radius 2 is 1.93 bits per heavy atom. The summed E-state index contributed by atoms with van der Waals surface area (Å²) in [7, 11) is 1.64. The van der Waals surface area contributed by atoms with Crippen LogP contribution in [-0.2, 0) is 11.3 Å². The van der Waals surface area contributed by atoms with Crippen molar-refractivity contribution in [3.05, 3.63) is 53.6 Å². The Balaban J connectivity index is 1.26. The summed E-state index contributed by atoms with van der Waals surface area (Å²) in [5.41, 5.74) is 3.36. The first kappa shape index (κ1) is 28.3. The molecule has 0 radical (unpaired) electrons. The van der Waals surface area contributed by atoms with E-state index in [2.05, 4.69) is 10.6 Å². The average molecular weight is 568 g/mol. The molecule has 5 rings (SSSR count). The largest absolute Gasteiger partial charge is 0.493 e. The number of carbonyl (C=O) groups excluding carboxylic acids is 2. The topological polar surface area (TPSA) is 105 Å². The first-order valence-electron chi connectivity index (χ1n) is 13.9. The maximum absolute atomic E-state index is 12.8. The number of hydrogen-bond acceptors (Lipinski definition) is 9. The molecule has 0 spiro atoms. The molecule has 2 aromatic rings. The maximum atomic E-state index is 12.8. The predicted molar refractivity (Wildman–Crippen MR) is 156 cm³/mol. The van der Waals surface area contributed by atoms with Gasteiger partial charge in [-0.15, -0.1) is 0 Å².